The average Bonchev–Trinajstić information content (AvgIpc) is 2.55. The fourth-order valence-corrected chi connectivity index (χ4v) is 3.50. The monoisotopic (exact) mass is 303 g/mol. The molecule has 1 heterocycles. The van der Waals surface area contributed by atoms with E-state index in [1.54, 1.807) is 5.56 Å². The van der Waals surface area contributed by atoms with Crippen LogP contribution >= 0.6 is 0 Å². The molecule has 1 unspecified atom stereocenters. The number of aryl methyl sites for hydroxylation is 2. The highest BCUT2D eigenvalue weighted by Gasteiger charge is 2.22. The first-order valence-electron chi connectivity index (χ1n) is 8.92. The number of nitrogens with one attached hydrogen (secondary N) is 2. The summed E-state index contributed by atoms with van der Waals surface area (Å²) in [5.41, 5.74) is 11.6. The van der Waals surface area contributed by atoms with Crippen molar-refractivity contribution in [2.75, 3.05) is 26.2 Å². The maximum Gasteiger partial charge on any atom is 0.0320 e. The third-order valence-corrected chi connectivity index (χ3v) is 5.03. The molecule has 0 amide bonds. The lowest BCUT2D eigenvalue weighted by atomic mass is 9.82. The number of nitrogens with two attached hydrogens (primary N) is 1. The van der Waals surface area contributed by atoms with Crippen LogP contribution in [0, 0.1) is 13.8 Å². The molecule has 22 heavy (non-hydrogen) atoms. The van der Waals surface area contributed by atoms with Crippen molar-refractivity contribution in [1.82, 2.24) is 10.6 Å². The normalized spacial score (nSPS) is 17.6. The standard InChI is InChI=1S/C19H33N3/c1-4-19(22-9-5-8-20)18-13-15(3)14(2)12-17(18)16-6-10-21-11-7-16/h12-13,16,19,21-22H,4-11,20H2,1-3H3. The van der Waals surface area contributed by atoms with E-state index in [9.17, 15) is 0 Å². The van der Waals surface area contributed by atoms with Gasteiger partial charge in [0, 0.05) is 6.04 Å². The second-order valence-corrected chi connectivity index (χ2v) is 6.65. The molecular formula is C19H33N3. The molecule has 1 aromatic rings. The average molecular weight is 303 g/mol. The molecule has 3 heteroatoms. The zero-order chi connectivity index (χ0) is 15.9. The van der Waals surface area contributed by atoms with Crippen molar-refractivity contribution in [3.63, 3.8) is 0 Å². The summed E-state index contributed by atoms with van der Waals surface area (Å²) in [6.45, 7) is 10.8. The molecule has 1 saturated heterocycles. The molecule has 1 aliphatic heterocycles. The molecule has 0 aromatic heterocycles. The fourth-order valence-electron chi connectivity index (χ4n) is 3.50. The first kappa shape index (κ1) is 17.5. The molecule has 1 fully saturated rings. The number of benzene rings is 1. The molecule has 0 saturated carbocycles. The van der Waals surface area contributed by atoms with Crippen molar-refractivity contribution in [3.05, 3.63) is 34.4 Å². The highest BCUT2D eigenvalue weighted by Crippen LogP contribution is 2.34. The lowest BCUT2D eigenvalue weighted by Crippen LogP contribution is -2.29. The number of hydrogen-bond donors (Lipinski definition) is 3. The third-order valence-electron chi connectivity index (χ3n) is 5.03. The Hall–Kier alpha value is -0.900. The molecule has 1 aliphatic rings. The topological polar surface area (TPSA) is 50.1 Å². The maximum atomic E-state index is 5.64. The van der Waals surface area contributed by atoms with E-state index in [0.717, 1.165) is 39.0 Å². The summed E-state index contributed by atoms with van der Waals surface area (Å²) in [5.74, 6) is 0.709. The molecule has 0 bridgehead atoms. The highest BCUT2D eigenvalue weighted by atomic mass is 14.9. The molecule has 0 aliphatic carbocycles. The van der Waals surface area contributed by atoms with E-state index in [2.05, 4.69) is 43.5 Å². The van der Waals surface area contributed by atoms with Crippen molar-refractivity contribution >= 4 is 0 Å². The summed E-state index contributed by atoms with van der Waals surface area (Å²) in [7, 11) is 0. The third kappa shape index (κ3) is 4.31. The van der Waals surface area contributed by atoms with Gasteiger partial charge in [-0.05, 0) is 93.9 Å². The Morgan fingerprint density at radius 2 is 1.91 bits per heavy atom. The van der Waals surface area contributed by atoms with Crippen LogP contribution in [-0.4, -0.2) is 26.2 Å². The molecule has 1 atom stereocenters. The molecule has 4 N–H and O–H groups in total. The minimum atomic E-state index is 0.454. The number of hydrogen-bond acceptors (Lipinski definition) is 3. The Labute approximate surface area is 136 Å². The molecule has 3 nitrogen and oxygen atoms in total. The molecule has 1 aromatic carbocycles. The summed E-state index contributed by atoms with van der Waals surface area (Å²) in [6, 6.07) is 5.33. The molecular weight excluding hydrogens is 270 g/mol. The van der Waals surface area contributed by atoms with Gasteiger partial charge in [-0.15, -0.1) is 0 Å². The van der Waals surface area contributed by atoms with Gasteiger partial charge in [-0.1, -0.05) is 19.1 Å². The van der Waals surface area contributed by atoms with E-state index < -0.39 is 0 Å². The number of piperidine rings is 1. The second kappa shape index (κ2) is 8.66. The van der Waals surface area contributed by atoms with Gasteiger partial charge in [0.05, 0.1) is 0 Å². The zero-order valence-electron chi connectivity index (χ0n) is 14.5. The van der Waals surface area contributed by atoms with Crippen molar-refractivity contribution in [2.45, 2.75) is 58.4 Å². The van der Waals surface area contributed by atoms with E-state index in [1.165, 1.54) is 29.5 Å². The van der Waals surface area contributed by atoms with Gasteiger partial charge in [0.25, 0.3) is 0 Å². The van der Waals surface area contributed by atoms with Crippen LogP contribution in [0.5, 0.6) is 0 Å². The van der Waals surface area contributed by atoms with Crippen molar-refractivity contribution in [2.24, 2.45) is 5.73 Å². The SMILES string of the molecule is CCC(NCCCN)c1cc(C)c(C)cc1C1CCNCC1. The molecule has 124 valence electrons. The van der Waals surface area contributed by atoms with E-state index >= 15 is 0 Å². The van der Waals surface area contributed by atoms with Crippen LogP contribution in [0.3, 0.4) is 0 Å². The first-order valence-corrected chi connectivity index (χ1v) is 8.92. The maximum absolute atomic E-state index is 5.64. The first-order chi connectivity index (χ1) is 10.7. The van der Waals surface area contributed by atoms with Gasteiger partial charge in [-0.3, -0.25) is 0 Å². The Morgan fingerprint density at radius 1 is 1.23 bits per heavy atom. The van der Waals surface area contributed by atoms with Gasteiger partial charge in [0.1, 0.15) is 0 Å². The van der Waals surface area contributed by atoms with Gasteiger partial charge in [0.2, 0.25) is 0 Å². The van der Waals surface area contributed by atoms with Crippen LogP contribution in [0.4, 0.5) is 0 Å². The highest BCUT2D eigenvalue weighted by molar-refractivity contribution is 5.41. The Morgan fingerprint density at radius 3 is 2.55 bits per heavy atom. The Kier molecular flexibility index (Phi) is 6.87. The van der Waals surface area contributed by atoms with Gasteiger partial charge >= 0.3 is 0 Å². The Balaban J connectivity index is 2.27. The summed E-state index contributed by atoms with van der Waals surface area (Å²) < 4.78 is 0. The predicted molar refractivity (Wildman–Crippen MR) is 95.5 cm³/mol. The van der Waals surface area contributed by atoms with Crippen molar-refractivity contribution in [3.8, 4) is 0 Å². The number of rotatable bonds is 7. The van der Waals surface area contributed by atoms with Crippen LogP contribution in [0.15, 0.2) is 12.1 Å². The summed E-state index contributed by atoms with van der Waals surface area (Å²) in [6.07, 6.45) is 4.69. The zero-order valence-corrected chi connectivity index (χ0v) is 14.5. The lowest BCUT2D eigenvalue weighted by Gasteiger charge is -2.29. The van der Waals surface area contributed by atoms with Gasteiger partial charge in [-0.2, -0.15) is 0 Å². The van der Waals surface area contributed by atoms with Gasteiger partial charge < -0.3 is 16.4 Å². The van der Waals surface area contributed by atoms with E-state index in [1.807, 2.05) is 0 Å². The van der Waals surface area contributed by atoms with Crippen molar-refractivity contribution < 1.29 is 0 Å². The quantitative estimate of drug-likeness (QED) is 0.678. The van der Waals surface area contributed by atoms with Gasteiger partial charge in [-0.25, -0.2) is 0 Å². The van der Waals surface area contributed by atoms with Crippen molar-refractivity contribution in [1.29, 1.82) is 0 Å². The largest absolute Gasteiger partial charge is 0.330 e. The van der Waals surface area contributed by atoms with Gasteiger partial charge in [0.15, 0.2) is 0 Å². The predicted octanol–water partition coefficient (Wildman–Crippen LogP) is 3.16. The molecule has 0 spiro atoms. The molecule has 0 radical (unpaired) electrons. The minimum Gasteiger partial charge on any atom is -0.330 e. The lowest BCUT2D eigenvalue weighted by molar-refractivity contribution is 0.447. The summed E-state index contributed by atoms with van der Waals surface area (Å²) in [5, 5.41) is 7.20. The second-order valence-electron chi connectivity index (χ2n) is 6.65. The van der Waals surface area contributed by atoms with Crippen LogP contribution < -0.4 is 16.4 Å². The fraction of sp³-hybridized carbons (Fsp3) is 0.684. The van der Waals surface area contributed by atoms with Crippen LogP contribution in [0.25, 0.3) is 0 Å². The van der Waals surface area contributed by atoms with E-state index in [0.29, 0.717) is 12.0 Å². The van der Waals surface area contributed by atoms with E-state index in [-0.39, 0.29) is 0 Å². The van der Waals surface area contributed by atoms with Crippen LogP contribution in [0.2, 0.25) is 0 Å². The smallest absolute Gasteiger partial charge is 0.0320 e. The van der Waals surface area contributed by atoms with Crippen LogP contribution in [0.1, 0.15) is 66.8 Å². The Bertz CT molecular complexity index is 464. The minimum absolute atomic E-state index is 0.454. The molecule has 2 rings (SSSR count). The van der Waals surface area contributed by atoms with Crippen LogP contribution in [-0.2, 0) is 0 Å². The van der Waals surface area contributed by atoms with E-state index in [4.69, 9.17) is 5.73 Å². The summed E-state index contributed by atoms with van der Waals surface area (Å²) >= 11 is 0. The summed E-state index contributed by atoms with van der Waals surface area (Å²) in [4.78, 5) is 0.